The Balaban J connectivity index is 1.37. The average Bonchev–Trinajstić information content (AvgIpc) is 4.36. The Kier molecular flexibility index (Phi) is 10.6. The third kappa shape index (κ3) is 7.25. The van der Waals surface area contributed by atoms with Crippen molar-refractivity contribution in [1.82, 2.24) is 28.2 Å². The summed E-state index contributed by atoms with van der Waals surface area (Å²) in [6, 6.07) is 67.3. The lowest BCUT2D eigenvalue weighted by atomic mass is 9.90. The molecule has 0 radical (unpaired) electrons. The van der Waals surface area contributed by atoms with E-state index in [1.54, 1.807) is 0 Å². The van der Waals surface area contributed by atoms with Gasteiger partial charge in [-0.05, 0) is 191 Å². The minimum Gasteiger partial charge on any atom is -0.308 e. The minimum atomic E-state index is 0.871. The Morgan fingerprint density at radius 3 is 0.840 bits per heavy atom. The summed E-state index contributed by atoms with van der Waals surface area (Å²) in [5, 5.41) is 9.62. The molecule has 15 rings (SSSR count). The van der Waals surface area contributed by atoms with Gasteiger partial charge in [0.25, 0.3) is 0 Å². The van der Waals surface area contributed by atoms with Crippen molar-refractivity contribution >= 4 is 87.2 Å². The molecule has 0 unspecified atom stereocenters. The number of aryl methyl sites for hydroxylation is 11. The van der Waals surface area contributed by atoms with E-state index >= 15 is 0 Å². The van der Waals surface area contributed by atoms with Gasteiger partial charge in [0.1, 0.15) is 0 Å². The van der Waals surface area contributed by atoms with Gasteiger partial charge in [-0.2, -0.15) is 0 Å². The predicted molar refractivity (Wildman–Crippen MR) is 342 cm³/mol. The van der Waals surface area contributed by atoms with E-state index in [-0.39, 0.29) is 0 Å². The topological polar surface area (TPSA) is 45.5 Å². The molecule has 0 saturated heterocycles. The van der Waals surface area contributed by atoms with E-state index in [0.29, 0.717) is 0 Å². The summed E-state index contributed by atoms with van der Waals surface area (Å²) < 4.78 is 10.5. The number of hydrogen-bond acceptors (Lipinski definition) is 2. The second-order valence-corrected chi connectivity index (χ2v) is 23.4. The second kappa shape index (κ2) is 17.7. The van der Waals surface area contributed by atoms with Crippen LogP contribution in [0, 0.1) is 76.2 Å². The molecule has 0 fully saturated rings. The van der Waals surface area contributed by atoms with E-state index in [4.69, 9.17) is 9.97 Å². The Hall–Kier alpha value is -9.52. The summed E-state index contributed by atoms with van der Waals surface area (Å²) >= 11 is 0. The van der Waals surface area contributed by atoms with Gasteiger partial charge in [0.2, 0.25) is 0 Å². The summed E-state index contributed by atoms with van der Waals surface area (Å²) in [4.78, 5) is 11.2. The lowest BCUT2D eigenvalue weighted by molar-refractivity contribution is 1.03. The third-order valence-corrected chi connectivity index (χ3v) is 17.2. The summed E-state index contributed by atoms with van der Waals surface area (Å²) in [6.45, 7) is 24.2. The average molecular weight is 1050 g/mol. The van der Waals surface area contributed by atoms with Crippen molar-refractivity contribution < 1.29 is 0 Å². The molecule has 81 heavy (non-hydrogen) atoms. The van der Waals surface area contributed by atoms with Gasteiger partial charge < -0.3 is 18.3 Å². The Bertz CT molecular complexity index is 5000. The molecule has 0 aliphatic rings. The van der Waals surface area contributed by atoms with E-state index in [0.717, 1.165) is 106 Å². The van der Waals surface area contributed by atoms with Crippen molar-refractivity contribution in [1.29, 1.82) is 0 Å². The Labute approximate surface area is 471 Å². The van der Waals surface area contributed by atoms with Crippen molar-refractivity contribution in [3.63, 3.8) is 0 Å². The van der Waals surface area contributed by atoms with Crippen LogP contribution in [0.25, 0.3) is 132 Å². The van der Waals surface area contributed by atoms with Gasteiger partial charge in [0.15, 0.2) is 0 Å². The normalized spacial score (nSPS) is 12.1. The molecule has 6 heteroatoms. The van der Waals surface area contributed by atoms with Crippen LogP contribution in [-0.4, -0.2) is 28.2 Å². The van der Waals surface area contributed by atoms with Gasteiger partial charge in [-0.3, -0.25) is 9.97 Å². The lowest BCUT2D eigenvalue weighted by Crippen LogP contribution is -2.17. The molecule has 15 aromatic rings. The summed E-state index contributed by atoms with van der Waals surface area (Å²) in [5.41, 5.74) is 29.6. The molecule has 0 atom stereocenters. The van der Waals surface area contributed by atoms with Crippen molar-refractivity contribution in [2.45, 2.75) is 76.2 Å². The molecular formula is C75H62N6. The molecule has 0 bridgehead atoms. The fourth-order valence-electron chi connectivity index (χ4n) is 13.7. The maximum Gasteiger partial charge on any atom is 0.0962 e. The first-order valence-electron chi connectivity index (χ1n) is 28.4. The SMILES string of the molecule is Cc1ccc2c(c1)c1cc(C)ccc1n2-c1c(-c2cccc(C)n2)c(-n2c3ccc(C)cc3c3cc(C)ccc32)c(-n2c3ccc(C)cc3c3cc(C)ccc32)c(-n2c3ccc(C)cc3c3cc(C)ccc32)c1-c1ccc(C)nc1C. The smallest absolute Gasteiger partial charge is 0.0962 e. The molecule has 6 heterocycles. The zero-order valence-corrected chi connectivity index (χ0v) is 47.9. The molecule has 6 nitrogen and oxygen atoms in total. The van der Waals surface area contributed by atoms with E-state index in [9.17, 15) is 0 Å². The lowest BCUT2D eigenvalue weighted by Gasteiger charge is -2.31. The first kappa shape index (κ1) is 48.6. The summed E-state index contributed by atoms with van der Waals surface area (Å²) in [7, 11) is 0. The van der Waals surface area contributed by atoms with Crippen LogP contribution in [0.15, 0.2) is 176 Å². The first-order chi connectivity index (χ1) is 39.2. The molecule has 0 spiro atoms. The second-order valence-electron chi connectivity index (χ2n) is 23.4. The third-order valence-electron chi connectivity index (χ3n) is 17.2. The number of nitrogens with zero attached hydrogens (tertiary/aromatic N) is 6. The van der Waals surface area contributed by atoms with Gasteiger partial charge in [-0.1, -0.05) is 105 Å². The fourth-order valence-corrected chi connectivity index (χ4v) is 13.7. The number of aromatic nitrogens is 6. The molecule has 0 amide bonds. The van der Waals surface area contributed by atoms with Crippen molar-refractivity contribution in [2.75, 3.05) is 0 Å². The highest BCUT2D eigenvalue weighted by Gasteiger charge is 2.36. The molecule has 0 aliphatic carbocycles. The minimum absolute atomic E-state index is 0.871. The van der Waals surface area contributed by atoms with E-state index in [1.807, 2.05) is 0 Å². The standard InChI is InChI=1S/C75H62N6/c1-41-15-25-62-53(33-41)54-34-42(2)16-26-63(54)78(62)72-70(52-24-23-50(10)76-51(52)11)73(79-64-27-17-43(3)35-55(64)56-36-44(4)18-28-65(56)79)75(81-68-31-21-47(7)39-59(68)60-40-48(8)22-32-69(60)81)74(71(72)61-14-12-13-49(9)77-61)80-66-29-19-45(5)37-57(66)58-38-46(6)20-30-67(58)80/h12-40H,1-11H3. The largest absolute Gasteiger partial charge is 0.308 e. The number of benzene rings is 9. The monoisotopic (exact) mass is 1050 g/mol. The molecule has 392 valence electrons. The van der Waals surface area contributed by atoms with Crippen LogP contribution in [0.2, 0.25) is 0 Å². The van der Waals surface area contributed by atoms with E-state index < -0.39 is 0 Å². The van der Waals surface area contributed by atoms with Crippen molar-refractivity contribution in [2.24, 2.45) is 0 Å². The molecule has 0 saturated carbocycles. The molecule has 6 aromatic heterocycles. The van der Waals surface area contributed by atoms with Gasteiger partial charge in [0, 0.05) is 71.3 Å². The van der Waals surface area contributed by atoms with Crippen molar-refractivity contribution in [3.05, 3.63) is 238 Å². The Morgan fingerprint density at radius 2 is 0.531 bits per heavy atom. The first-order valence-corrected chi connectivity index (χ1v) is 28.4. The van der Waals surface area contributed by atoms with Gasteiger partial charge in [-0.25, -0.2) is 0 Å². The van der Waals surface area contributed by atoms with Crippen LogP contribution in [-0.2, 0) is 0 Å². The molecule has 9 aromatic carbocycles. The van der Waals surface area contributed by atoms with Crippen molar-refractivity contribution in [3.8, 4) is 45.1 Å². The predicted octanol–water partition coefficient (Wildman–Crippen LogP) is 19.6. The Morgan fingerprint density at radius 1 is 0.247 bits per heavy atom. The van der Waals surface area contributed by atoms with Crippen LogP contribution < -0.4 is 0 Å². The van der Waals surface area contributed by atoms with Crippen LogP contribution in [0.5, 0.6) is 0 Å². The summed E-state index contributed by atoms with van der Waals surface area (Å²) in [6.07, 6.45) is 0. The quantitative estimate of drug-likeness (QED) is 0.167. The number of hydrogen-bond donors (Lipinski definition) is 0. The van der Waals surface area contributed by atoms with Crippen LogP contribution in [0.3, 0.4) is 0 Å². The number of rotatable bonds is 6. The highest BCUT2D eigenvalue weighted by Crippen LogP contribution is 2.55. The highest BCUT2D eigenvalue weighted by atomic mass is 15.1. The molecular weight excluding hydrogens is 985 g/mol. The zero-order valence-electron chi connectivity index (χ0n) is 47.9. The van der Waals surface area contributed by atoms with Gasteiger partial charge in [0.05, 0.1) is 78.1 Å². The fraction of sp³-hybridized carbons (Fsp3) is 0.147. The van der Waals surface area contributed by atoms with Crippen LogP contribution in [0.4, 0.5) is 0 Å². The zero-order chi connectivity index (χ0) is 55.4. The maximum atomic E-state index is 5.76. The number of pyridine rings is 2. The number of fused-ring (bicyclic) bond motifs is 12. The van der Waals surface area contributed by atoms with Crippen LogP contribution in [0.1, 0.15) is 61.6 Å². The van der Waals surface area contributed by atoms with E-state index in [2.05, 4.69) is 270 Å². The van der Waals surface area contributed by atoms with E-state index in [1.165, 1.54) is 87.6 Å². The molecule has 0 N–H and O–H groups in total. The summed E-state index contributed by atoms with van der Waals surface area (Å²) in [5.74, 6) is 0. The molecule has 0 aliphatic heterocycles. The highest BCUT2D eigenvalue weighted by molar-refractivity contribution is 6.19. The van der Waals surface area contributed by atoms with Gasteiger partial charge >= 0.3 is 0 Å². The maximum absolute atomic E-state index is 5.76. The van der Waals surface area contributed by atoms with Crippen LogP contribution >= 0.6 is 0 Å². The van der Waals surface area contributed by atoms with Gasteiger partial charge in [-0.15, -0.1) is 0 Å².